The van der Waals surface area contributed by atoms with Gasteiger partial charge in [0.05, 0.1) is 7.11 Å². The Balaban J connectivity index is 2.27. The number of nitrogen functional groups attached to an aromatic ring is 1. The van der Waals surface area contributed by atoms with E-state index in [1.165, 1.54) is 0 Å². The summed E-state index contributed by atoms with van der Waals surface area (Å²) in [4.78, 5) is 15.4. The van der Waals surface area contributed by atoms with Crippen molar-refractivity contribution in [2.45, 2.75) is 0 Å². The maximum Gasteiger partial charge on any atom is 0.319 e. The fourth-order valence-corrected chi connectivity index (χ4v) is 1.20. The Bertz CT molecular complexity index is 504. The summed E-state index contributed by atoms with van der Waals surface area (Å²) < 4.78 is 9.50. The predicted molar refractivity (Wildman–Crippen MR) is 55.1 cm³/mol. The third kappa shape index (κ3) is 1.85. The maximum absolute atomic E-state index is 11.8. The fourth-order valence-electron chi connectivity index (χ4n) is 1.20. The molecule has 1 heterocycles. The Morgan fingerprint density at radius 3 is 2.56 bits per heavy atom. The average Bonchev–Trinajstić information content (AvgIpc) is 2.75. The zero-order chi connectivity index (χ0) is 11.5. The number of methoxy groups -OCH3 is 1. The highest BCUT2D eigenvalue weighted by Crippen LogP contribution is 2.13. The molecular weight excluding hydrogens is 210 g/mol. The third-order valence-corrected chi connectivity index (χ3v) is 2.00. The summed E-state index contributed by atoms with van der Waals surface area (Å²) in [5.74, 6) is 0.273. The number of nitrogens with two attached hydrogens (primary N) is 1. The lowest BCUT2D eigenvalue weighted by Crippen LogP contribution is -2.03. The van der Waals surface area contributed by atoms with Crippen LogP contribution in [0.25, 0.3) is 0 Å². The van der Waals surface area contributed by atoms with Crippen molar-refractivity contribution in [3.05, 3.63) is 35.7 Å². The molecule has 0 unspecified atom stereocenters. The largest absolute Gasteiger partial charge is 0.497 e. The number of ketones is 1. The molecule has 2 N–H and O–H groups in total. The van der Waals surface area contributed by atoms with Gasteiger partial charge in [-0.05, 0) is 24.3 Å². The van der Waals surface area contributed by atoms with Crippen molar-refractivity contribution >= 4 is 11.8 Å². The third-order valence-electron chi connectivity index (χ3n) is 2.00. The van der Waals surface area contributed by atoms with Gasteiger partial charge in [-0.3, -0.25) is 4.79 Å². The zero-order valence-corrected chi connectivity index (χ0v) is 8.51. The molecule has 82 valence electrons. The number of ether oxygens (including phenoxy) is 1. The van der Waals surface area contributed by atoms with Crippen molar-refractivity contribution < 1.29 is 14.1 Å². The Kier molecular flexibility index (Phi) is 2.55. The van der Waals surface area contributed by atoms with Gasteiger partial charge in [0, 0.05) is 5.56 Å². The van der Waals surface area contributed by atoms with Crippen LogP contribution in [0.15, 0.2) is 28.8 Å². The van der Waals surface area contributed by atoms with Crippen LogP contribution in [0, 0.1) is 0 Å². The van der Waals surface area contributed by atoms with Gasteiger partial charge in [0.2, 0.25) is 11.6 Å². The predicted octanol–water partition coefficient (Wildman–Crippen LogP) is 0.891. The molecule has 6 heteroatoms. The van der Waals surface area contributed by atoms with Crippen LogP contribution >= 0.6 is 0 Å². The summed E-state index contributed by atoms with van der Waals surface area (Å²) in [6.45, 7) is 0. The number of carbonyl (C=O) groups is 1. The molecule has 0 aliphatic heterocycles. The SMILES string of the molecule is COc1ccc(C(=O)c2noc(N)n2)cc1. The van der Waals surface area contributed by atoms with Gasteiger partial charge < -0.3 is 15.0 Å². The van der Waals surface area contributed by atoms with Crippen LogP contribution in [0.4, 0.5) is 6.01 Å². The second kappa shape index (κ2) is 4.01. The Morgan fingerprint density at radius 2 is 2.06 bits per heavy atom. The maximum atomic E-state index is 11.8. The van der Waals surface area contributed by atoms with Crippen molar-refractivity contribution in [1.29, 1.82) is 0 Å². The number of anilines is 1. The molecule has 2 aromatic rings. The smallest absolute Gasteiger partial charge is 0.319 e. The first kappa shape index (κ1) is 10.2. The van der Waals surface area contributed by atoms with Gasteiger partial charge in [-0.2, -0.15) is 4.98 Å². The lowest BCUT2D eigenvalue weighted by Gasteiger charge is -1.99. The van der Waals surface area contributed by atoms with Crippen molar-refractivity contribution in [1.82, 2.24) is 10.1 Å². The molecule has 6 nitrogen and oxygen atoms in total. The first-order chi connectivity index (χ1) is 7.70. The van der Waals surface area contributed by atoms with E-state index in [4.69, 9.17) is 10.5 Å². The minimum atomic E-state index is -0.344. The number of hydrogen-bond acceptors (Lipinski definition) is 6. The number of benzene rings is 1. The van der Waals surface area contributed by atoms with Crippen molar-refractivity contribution in [3.63, 3.8) is 0 Å². The van der Waals surface area contributed by atoms with Crippen LogP contribution < -0.4 is 10.5 Å². The van der Waals surface area contributed by atoms with Crippen LogP contribution in [0.5, 0.6) is 5.75 Å². The van der Waals surface area contributed by atoms with E-state index >= 15 is 0 Å². The molecular formula is C10H9N3O3. The molecule has 0 spiro atoms. The van der Waals surface area contributed by atoms with E-state index in [1.54, 1.807) is 31.4 Å². The molecule has 0 bridgehead atoms. The van der Waals surface area contributed by atoms with Gasteiger partial charge in [0.1, 0.15) is 5.75 Å². The molecule has 0 aliphatic rings. The topological polar surface area (TPSA) is 91.2 Å². The van der Waals surface area contributed by atoms with Crippen LogP contribution in [0.2, 0.25) is 0 Å². The summed E-state index contributed by atoms with van der Waals surface area (Å²) in [6.07, 6.45) is 0. The first-order valence-corrected chi connectivity index (χ1v) is 4.48. The highest BCUT2D eigenvalue weighted by molar-refractivity contribution is 6.06. The standard InChI is InChI=1S/C10H9N3O3/c1-15-7-4-2-6(3-5-7)8(14)9-12-10(11)16-13-9/h2-5H,1H3,(H2,11,12,13). The minimum absolute atomic E-state index is 0.0531. The molecule has 16 heavy (non-hydrogen) atoms. The first-order valence-electron chi connectivity index (χ1n) is 4.48. The number of rotatable bonds is 3. The summed E-state index contributed by atoms with van der Waals surface area (Å²) in [7, 11) is 1.55. The molecule has 0 saturated carbocycles. The van der Waals surface area contributed by atoms with Crippen LogP contribution in [-0.2, 0) is 0 Å². The normalized spacial score (nSPS) is 10.1. The van der Waals surface area contributed by atoms with Gasteiger partial charge in [0.25, 0.3) is 0 Å². The van der Waals surface area contributed by atoms with Crippen LogP contribution in [0.3, 0.4) is 0 Å². The van der Waals surface area contributed by atoms with E-state index in [9.17, 15) is 4.79 Å². The molecule has 1 aromatic carbocycles. The number of carbonyl (C=O) groups excluding carboxylic acids is 1. The molecule has 0 atom stereocenters. The van der Waals surface area contributed by atoms with Crippen molar-refractivity contribution in [2.75, 3.05) is 12.8 Å². The lowest BCUT2D eigenvalue weighted by atomic mass is 10.1. The molecule has 0 radical (unpaired) electrons. The second-order valence-electron chi connectivity index (χ2n) is 3.01. The average molecular weight is 219 g/mol. The van der Waals surface area contributed by atoms with Crippen LogP contribution in [0.1, 0.15) is 16.2 Å². The molecule has 0 fully saturated rings. The highest BCUT2D eigenvalue weighted by atomic mass is 16.5. The number of nitrogens with zero attached hydrogens (tertiary/aromatic N) is 2. The molecule has 1 aromatic heterocycles. The fraction of sp³-hybridized carbons (Fsp3) is 0.100. The summed E-state index contributed by atoms with van der Waals surface area (Å²) in [6, 6.07) is 6.46. The van der Waals surface area contributed by atoms with E-state index in [0.29, 0.717) is 11.3 Å². The van der Waals surface area contributed by atoms with E-state index in [1.807, 2.05) is 0 Å². The second-order valence-corrected chi connectivity index (χ2v) is 3.01. The van der Waals surface area contributed by atoms with Gasteiger partial charge >= 0.3 is 6.01 Å². The van der Waals surface area contributed by atoms with E-state index < -0.39 is 0 Å². The van der Waals surface area contributed by atoms with Gasteiger partial charge in [-0.25, -0.2) is 0 Å². The van der Waals surface area contributed by atoms with E-state index in [0.717, 1.165) is 0 Å². The number of hydrogen-bond donors (Lipinski definition) is 1. The molecule has 0 amide bonds. The molecule has 2 rings (SSSR count). The zero-order valence-electron chi connectivity index (χ0n) is 8.51. The van der Waals surface area contributed by atoms with Gasteiger partial charge in [-0.1, -0.05) is 5.16 Å². The molecule has 0 aliphatic carbocycles. The van der Waals surface area contributed by atoms with E-state index in [2.05, 4.69) is 14.7 Å². The summed E-state index contributed by atoms with van der Waals surface area (Å²) in [5, 5.41) is 3.44. The molecule has 0 saturated heterocycles. The Morgan fingerprint density at radius 1 is 1.38 bits per heavy atom. The van der Waals surface area contributed by atoms with Gasteiger partial charge in [-0.15, -0.1) is 0 Å². The Hall–Kier alpha value is -2.37. The quantitative estimate of drug-likeness (QED) is 0.771. The minimum Gasteiger partial charge on any atom is -0.497 e. The van der Waals surface area contributed by atoms with Crippen LogP contribution in [-0.4, -0.2) is 23.0 Å². The van der Waals surface area contributed by atoms with Gasteiger partial charge in [0.15, 0.2) is 0 Å². The number of aromatic nitrogens is 2. The van der Waals surface area contributed by atoms with Crippen molar-refractivity contribution in [2.24, 2.45) is 0 Å². The summed E-state index contributed by atoms with van der Waals surface area (Å²) >= 11 is 0. The summed E-state index contributed by atoms with van der Waals surface area (Å²) in [5.41, 5.74) is 5.67. The highest BCUT2D eigenvalue weighted by Gasteiger charge is 2.15. The monoisotopic (exact) mass is 219 g/mol. The Labute approximate surface area is 91.0 Å². The van der Waals surface area contributed by atoms with E-state index in [-0.39, 0.29) is 17.6 Å². The lowest BCUT2D eigenvalue weighted by molar-refractivity contribution is 0.102. The van der Waals surface area contributed by atoms with Crippen molar-refractivity contribution in [3.8, 4) is 5.75 Å².